The molecule has 0 saturated carbocycles. The molecular formula is C19H35N3. The SMILES string of the molecule is CCCCCCC(CCCCC)n1cc([C@H]2CCCN2)cn1. The molecule has 3 heteroatoms. The van der Waals surface area contributed by atoms with Crippen LogP contribution >= 0.6 is 0 Å². The van der Waals surface area contributed by atoms with E-state index in [1.54, 1.807) is 0 Å². The summed E-state index contributed by atoms with van der Waals surface area (Å²) in [5, 5.41) is 8.30. The largest absolute Gasteiger partial charge is 0.310 e. The Morgan fingerprint density at radius 2 is 1.86 bits per heavy atom. The molecule has 126 valence electrons. The summed E-state index contributed by atoms with van der Waals surface area (Å²) < 4.78 is 2.27. The lowest BCUT2D eigenvalue weighted by Gasteiger charge is -2.18. The summed E-state index contributed by atoms with van der Waals surface area (Å²) in [4.78, 5) is 0. The van der Waals surface area contributed by atoms with Crippen LogP contribution in [0.5, 0.6) is 0 Å². The zero-order chi connectivity index (χ0) is 15.6. The van der Waals surface area contributed by atoms with Crippen LogP contribution in [0.3, 0.4) is 0 Å². The average molecular weight is 306 g/mol. The van der Waals surface area contributed by atoms with E-state index in [0.717, 1.165) is 6.54 Å². The first-order chi connectivity index (χ1) is 10.8. The van der Waals surface area contributed by atoms with Crippen LogP contribution in [-0.2, 0) is 0 Å². The minimum Gasteiger partial charge on any atom is -0.310 e. The minimum absolute atomic E-state index is 0.546. The third-order valence-electron chi connectivity index (χ3n) is 4.99. The minimum atomic E-state index is 0.546. The van der Waals surface area contributed by atoms with Crippen LogP contribution in [0.1, 0.15) is 102 Å². The maximum Gasteiger partial charge on any atom is 0.0537 e. The molecule has 1 unspecified atom stereocenters. The molecule has 1 saturated heterocycles. The fraction of sp³-hybridized carbons (Fsp3) is 0.842. The van der Waals surface area contributed by atoms with Gasteiger partial charge < -0.3 is 5.32 Å². The van der Waals surface area contributed by atoms with E-state index >= 15 is 0 Å². The van der Waals surface area contributed by atoms with Crippen LogP contribution in [0.4, 0.5) is 0 Å². The Morgan fingerprint density at radius 3 is 2.55 bits per heavy atom. The molecule has 1 aliphatic rings. The highest BCUT2D eigenvalue weighted by Crippen LogP contribution is 2.26. The Bertz CT molecular complexity index is 393. The van der Waals surface area contributed by atoms with Crippen molar-refractivity contribution in [1.29, 1.82) is 0 Å². The van der Waals surface area contributed by atoms with Gasteiger partial charge in [-0.1, -0.05) is 58.8 Å². The molecule has 0 spiro atoms. The first-order valence-electron chi connectivity index (χ1n) is 9.62. The number of hydrogen-bond acceptors (Lipinski definition) is 2. The van der Waals surface area contributed by atoms with E-state index < -0.39 is 0 Å². The van der Waals surface area contributed by atoms with Gasteiger partial charge in [-0.05, 0) is 32.2 Å². The highest BCUT2D eigenvalue weighted by atomic mass is 15.3. The van der Waals surface area contributed by atoms with Gasteiger partial charge in [0, 0.05) is 17.8 Å². The molecule has 2 heterocycles. The van der Waals surface area contributed by atoms with Gasteiger partial charge in [-0.15, -0.1) is 0 Å². The zero-order valence-electron chi connectivity index (χ0n) is 14.7. The number of hydrogen-bond donors (Lipinski definition) is 1. The lowest BCUT2D eigenvalue weighted by atomic mass is 10.0. The van der Waals surface area contributed by atoms with Crippen molar-refractivity contribution < 1.29 is 0 Å². The highest BCUT2D eigenvalue weighted by molar-refractivity contribution is 5.12. The van der Waals surface area contributed by atoms with Gasteiger partial charge in [-0.2, -0.15) is 5.10 Å². The van der Waals surface area contributed by atoms with E-state index in [1.807, 2.05) is 0 Å². The molecule has 1 aromatic rings. The van der Waals surface area contributed by atoms with Crippen LogP contribution < -0.4 is 5.32 Å². The topological polar surface area (TPSA) is 29.9 Å². The van der Waals surface area contributed by atoms with Crippen molar-refractivity contribution in [1.82, 2.24) is 15.1 Å². The number of unbranched alkanes of at least 4 members (excludes halogenated alkanes) is 5. The van der Waals surface area contributed by atoms with Gasteiger partial charge in [0.1, 0.15) is 0 Å². The summed E-state index contributed by atoms with van der Waals surface area (Å²) in [6.45, 7) is 5.73. The van der Waals surface area contributed by atoms with Crippen LogP contribution in [0, 0.1) is 0 Å². The van der Waals surface area contributed by atoms with Crippen molar-refractivity contribution >= 4 is 0 Å². The monoisotopic (exact) mass is 305 g/mol. The van der Waals surface area contributed by atoms with Crippen LogP contribution in [0.15, 0.2) is 12.4 Å². The molecule has 0 aromatic carbocycles. The standard InChI is InChI=1S/C19H35N3/c1-3-5-7-9-12-18(11-8-6-4-2)22-16-17(15-21-22)19-13-10-14-20-19/h15-16,18-20H,3-14H2,1-2H3/t18?,19-/m1/s1. The second kappa shape index (κ2) is 10.0. The molecule has 1 N–H and O–H groups in total. The smallest absolute Gasteiger partial charge is 0.0537 e. The second-order valence-corrected chi connectivity index (χ2v) is 6.90. The van der Waals surface area contributed by atoms with Gasteiger partial charge in [0.25, 0.3) is 0 Å². The molecule has 1 aliphatic heterocycles. The summed E-state index contributed by atoms with van der Waals surface area (Å²) >= 11 is 0. The maximum atomic E-state index is 4.72. The Hall–Kier alpha value is -0.830. The second-order valence-electron chi connectivity index (χ2n) is 6.90. The van der Waals surface area contributed by atoms with Crippen molar-refractivity contribution in [3.63, 3.8) is 0 Å². The van der Waals surface area contributed by atoms with Gasteiger partial charge in [-0.3, -0.25) is 4.68 Å². The fourth-order valence-electron chi connectivity index (χ4n) is 3.55. The normalized spacial score (nSPS) is 19.6. The molecule has 2 atom stereocenters. The van der Waals surface area contributed by atoms with Crippen molar-refractivity contribution in [3.05, 3.63) is 18.0 Å². The van der Waals surface area contributed by atoms with Gasteiger partial charge >= 0.3 is 0 Å². The van der Waals surface area contributed by atoms with E-state index in [1.165, 1.54) is 76.2 Å². The zero-order valence-corrected chi connectivity index (χ0v) is 14.7. The summed E-state index contributed by atoms with van der Waals surface area (Å²) in [6.07, 6.45) is 19.0. The summed E-state index contributed by atoms with van der Waals surface area (Å²) in [5.74, 6) is 0. The molecule has 2 rings (SSSR count). The molecule has 3 nitrogen and oxygen atoms in total. The van der Waals surface area contributed by atoms with Crippen molar-refractivity contribution in [2.24, 2.45) is 0 Å². The van der Waals surface area contributed by atoms with Crippen LogP contribution in [0.25, 0.3) is 0 Å². The molecule has 22 heavy (non-hydrogen) atoms. The molecule has 0 radical (unpaired) electrons. The van der Waals surface area contributed by atoms with Gasteiger partial charge in [-0.25, -0.2) is 0 Å². The Kier molecular flexibility index (Phi) is 8.00. The first kappa shape index (κ1) is 17.5. The molecule has 1 fully saturated rings. The molecular weight excluding hydrogens is 270 g/mol. The van der Waals surface area contributed by atoms with E-state index in [2.05, 4.69) is 36.2 Å². The van der Waals surface area contributed by atoms with E-state index in [0.29, 0.717) is 12.1 Å². The van der Waals surface area contributed by atoms with Crippen molar-refractivity contribution in [2.45, 2.75) is 96.6 Å². The molecule has 0 aliphatic carbocycles. The van der Waals surface area contributed by atoms with Gasteiger partial charge in [0.2, 0.25) is 0 Å². The summed E-state index contributed by atoms with van der Waals surface area (Å²) in [7, 11) is 0. The fourth-order valence-corrected chi connectivity index (χ4v) is 3.55. The third-order valence-corrected chi connectivity index (χ3v) is 4.99. The Labute approximate surface area is 136 Å². The summed E-state index contributed by atoms with van der Waals surface area (Å²) in [6, 6.07) is 1.16. The van der Waals surface area contributed by atoms with E-state index in [4.69, 9.17) is 5.10 Å². The van der Waals surface area contributed by atoms with Gasteiger partial charge in [0.15, 0.2) is 0 Å². The quantitative estimate of drug-likeness (QED) is 0.555. The third kappa shape index (κ3) is 5.42. The van der Waals surface area contributed by atoms with Crippen molar-refractivity contribution in [3.8, 4) is 0 Å². The first-order valence-corrected chi connectivity index (χ1v) is 9.62. The van der Waals surface area contributed by atoms with Crippen molar-refractivity contribution in [2.75, 3.05) is 6.54 Å². The average Bonchev–Trinajstić information content (AvgIpc) is 3.20. The van der Waals surface area contributed by atoms with Crippen LogP contribution in [-0.4, -0.2) is 16.3 Å². The summed E-state index contributed by atoms with van der Waals surface area (Å²) in [5.41, 5.74) is 1.39. The predicted molar refractivity (Wildman–Crippen MR) is 94.1 cm³/mol. The predicted octanol–water partition coefficient (Wildman–Crippen LogP) is 5.40. The van der Waals surface area contributed by atoms with Crippen LogP contribution in [0.2, 0.25) is 0 Å². The Balaban J connectivity index is 1.90. The number of nitrogens with one attached hydrogen (secondary N) is 1. The molecule has 1 aromatic heterocycles. The lowest BCUT2D eigenvalue weighted by Crippen LogP contribution is -2.13. The van der Waals surface area contributed by atoms with E-state index in [-0.39, 0.29) is 0 Å². The number of rotatable bonds is 11. The number of nitrogens with zero attached hydrogens (tertiary/aromatic N) is 2. The number of aromatic nitrogens is 2. The lowest BCUT2D eigenvalue weighted by molar-refractivity contribution is 0.369. The Morgan fingerprint density at radius 1 is 1.14 bits per heavy atom. The molecule has 0 amide bonds. The maximum absolute atomic E-state index is 4.72. The van der Waals surface area contributed by atoms with Gasteiger partial charge in [0.05, 0.1) is 12.2 Å². The molecule has 0 bridgehead atoms. The highest BCUT2D eigenvalue weighted by Gasteiger charge is 2.19. The van der Waals surface area contributed by atoms with E-state index in [9.17, 15) is 0 Å².